The summed E-state index contributed by atoms with van der Waals surface area (Å²) in [4.78, 5) is 34.7. The van der Waals surface area contributed by atoms with Crippen LogP contribution in [0.25, 0.3) is 0 Å². The summed E-state index contributed by atoms with van der Waals surface area (Å²) in [6.07, 6.45) is 5.57. The van der Waals surface area contributed by atoms with Crippen LogP contribution in [-0.4, -0.2) is 35.6 Å². The van der Waals surface area contributed by atoms with E-state index in [0.29, 0.717) is 5.75 Å². The minimum atomic E-state index is -0.835. The number of hydrogen-bond donors (Lipinski definition) is 2. The highest BCUT2D eigenvalue weighted by atomic mass is 16.6. The van der Waals surface area contributed by atoms with Crippen molar-refractivity contribution < 1.29 is 23.7 Å². The zero-order chi connectivity index (χ0) is 23.1. The number of aryl methyl sites for hydroxylation is 2. The lowest BCUT2D eigenvalue weighted by molar-refractivity contribution is -0.402. The predicted octanol–water partition coefficient (Wildman–Crippen LogP) is 2.74. The topological polar surface area (TPSA) is 136 Å². The summed E-state index contributed by atoms with van der Waals surface area (Å²) < 4.78 is 10.5. The molecular formula is C22H26N4O6. The number of furan rings is 1. The molecule has 0 fully saturated rings. The van der Waals surface area contributed by atoms with Gasteiger partial charge in [-0.25, -0.2) is 5.43 Å². The van der Waals surface area contributed by atoms with Crippen LogP contribution in [0.4, 0.5) is 5.88 Å². The van der Waals surface area contributed by atoms with Gasteiger partial charge in [0.1, 0.15) is 16.7 Å². The Kier molecular flexibility index (Phi) is 7.58. The molecular weight excluding hydrogens is 416 g/mol. The summed E-state index contributed by atoms with van der Waals surface area (Å²) in [7, 11) is 0. The normalized spacial score (nSPS) is 14.1. The minimum absolute atomic E-state index is 0.112. The van der Waals surface area contributed by atoms with Crippen LogP contribution in [0.1, 0.15) is 43.6 Å². The number of carbonyl (C=O) groups excluding carboxylic acids is 2. The summed E-state index contributed by atoms with van der Waals surface area (Å²) in [6, 6.07) is 7.58. The van der Waals surface area contributed by atoms with Crippen LogP contribution < -0.4 is 15.5 Å². The van der Waals surface area contributed by atoms with Gasteiger partial charge in [0.15, 0.2) is 12.4 Å². The number of amides is 2. The fourth-order valence-electron chi connectivity index (χ4n) is 3.44. The third kappa shape index (κ3) is 6.16. The molecule has 1 atom stereocenters. The third-order valence-corrected chi connectivity index (χ3v) is 5.11. The van der Waals surface area contributed by atoms with E-state index in [4.69, 9.17) is 9.15 Å². The summed E-state index contributed by atoms with van der Waals surface area (Å²) in [5, 5.41) is 17.0. The number of hydrogen-bond acceptors (Lipinski definition) is 7. The summed E-state index contributed by atoms with van der Waals surface area (Å²) in [5.41, 5.74) is 4.90. The molecule has 1 aromatic heterocycles. The molecule has 10 nitrogen and oxygen atoms in total. The fraction of sp³-hybridized carbons (Fsp3) is 0.409. The van der Waals surface area contributed by atoms with Gasteiger partial charge in [-0.3, -0.25) is 19.7 Å². The SMILES string of the molecule is CC(C)[C@H](NC(=O)COc1ccc2c(c1)CCCC2)C(=O)N/N=C\c1ccc([N+](=O)[O-])o1. The Morgan fingerprint density at radius 2 is 1.97 bits per heavy atom. The lowest BCUT2D eigenvalue weighted by atomic mass is 9.92. The molecule has 2 N–H and O–H groups in total. The number of fused-ring (bicyclic) bond motifs is 1. The van der Waals surface area contributed by atoms with Gasteiger partial charge >= 0.3 is 5.88 Å². The van der Waals surface area contributed by atoms with Crippen molar-refractivity contribution in [1.29, 1.82) is 0 Å². The average molecular weight is 442 g/mol. The maximum atomic E-state index is 12.4. The Hall–Kier alpha value is -3.69. The Morgan fingerprint density at radius 1 is 1.22 bits per heavy atom. The molecule has 2 aromatic rings. The van der Waals surface area contributed by atoms with E-state index in [1.807, 2.05) is 18.2 Å². The number of nitrogens with zero attached hydrogens (tertiary/aromatic N) is 2. The average Bonchev–Trinajstić information content (AvgIpc) is 3.25. The first-order chi connectivity index (χ1) is 15.3. The van der Waals surface area contributed by atoms with Gasteiger partial charge in [-0.05, 0) is 60.9 Å². The molecule has 32 heavy (non-hydrogen) atoms. The van der Waals surface area contributed by atoms with Gasteiger partial charge in [-0.15, -0.1) is 0 Å². The maximum absolute atomic E-state index is 12.4. The second-order valence-electron chi connectivity index (χ2n) is 7.88. The zero-order valence-electron chi connectivity index (χ0n) is 18.0. The number of benzene rings is 1. The first-order valence-electron chi connectivity index (χ1n) is 10.4. The molecule has 3 rings (SSSR count). The van der Waals surface area contributed by atoms with Crippen molar-refractivity contribution in [2.24, 2.45) is 11.0 Å². The molecule has 10 heteroatoms. The highest BCUT2D eigenvalue weighted by molar-refractivity contribution is 5.89. The molecule has 1 aliphatic rings. The molecule has 0 aliphatic heterocycles. The van der Waals surface area contributed by atoms with E-state index >= 15 is 0 Å². The summed E-state index contributed by atoms with van der Waals surface area (Å²) >= 11 is 0. The molecule has 1 aromatic carbocycles. The van der Waals surface area contributed by atoms with Gasteiger partial charge in [-0.1, -0.05) is 19.9 Å². The van der Waals surface area contributed by atoms with E-state index in [1.165, 1.54) is 29.7 Å². The predicted molar refractivity (Wildman–Crippen MR) is 116 cm³/mol. The maximum Gasteiger partial charge on any atom is 0.433 e. The van der Waals surface area contributed by atoms with Gasteiger partial charge in [0, 0.05) is 0 Å². The van der Waals surface area contributed by atoms with Crippen molar-refractivity contribution in [3.05, 3.63) is 57.3 Å². The monoisotopic (exact) mass is 442 g/mol. The van der Waals surface area contributed by atoms with Crippen LogP contribution in [-0.2, 0) is 22.4 Å². The van der Waals surface area contributed by atoms with Gasteiger partial charge < -0.3 is 14.5 Å². The standard InChI is InChI=1S/C22H26N4O6/c1-14(2)21(22(28)25-23-12-18-9-10-20(32-18)26(29)30)24-19(27)13-31-17-8-7-15-5-3-4-6-16(15)11-17/h7-12,14,21H,3-6,13H2,1-2H3,(H,24,27)(H,25,28)/b23-12-/t21-/m0/s1. The molecule has 0 unspecified atom stereocenters. The van der Waals surface area contributed by atoms with E-state index in [0.717, 1.165) is 25.5 Å². The Labute approximate surface area is 185 Å². The van der Waals surface area contributed by atoms with Crippen LogP contribution in [0, 0.1) is 16.0 Å². The van der Waals surface area contributed by atoms with Crippen molar-refractivity contribution in [2.75, 3.05) is 6.61 Å². The van der Waals surface area contributed by atoms with Crippen LogP contribution >= 0.6 is 0 Å². The van der Waals surface area contributed by atoms with Crippen molar-refractivity contribution in [3.8, 4) is 5.75 Å². The summed E-state index contributed by atoms with van der Waals surface area (Å²) in [6.45, 7) is 3.36. The second kappa shape index (κ2) is 10.6. The second-order valence-corrected chi connectivity index (χ2v) is 7.88. The van der Waals surface area contributed by atoms with Crippen LogP contribution in [0.15, 0.2) is 39.9 Å². The zero-order valence-corrected chi connectivity index (χ0v) is 18.0. The highest BCUT2D eigenvalue weighted by Gasteiger charge is 2.24. The van der Waals surface area contributed by atoms with E-state index in [2.05, 4.69) is 15.8 Å². The van der Waals surface area contributed by atoms with Gasteiger partial charge in [-0.2, -0.15) is 5.10 Å². The molecule has 1 aliphatic carbocycles. The molecule has 0 saturated heterocycles. The quantitative estimate of drug-likeness (QED) is 0.348. The number of nitrogens with one attached hydrogen (secondary N) is 2. The lowest BCUT2D eigenvalue weighted by Gasteiger charge is -2.21. The molecule has 0 saturated carbocycles. The fourth-order valence-corrected chi connectivity index (χ4v) is 3.44. The van der Waals surface area contributed by atoms with Gasteiger partial charge in [0.2, 0.25) is 0 Å². The molecule has 0 spiro atoms. The van der Waals surface area contributed by atoms with E-state index < -0.39 is 28.7 Å². The largest absolute Gasteiger partial charge is 0.484 e. The molecule has 170 valence electrons. The van der Waals surface area contributed by atoms with Gasteiger partial charge in [0.05, 0.1) is 12.3 Å². The van der Waals surface area contributed by atoms with Crippen molar-refractivity contribution in [3.63, 3.8) is 0 Å². The Bertz CT molecular complexity index is 1010. The van der Waals surface area contributed by atoms with E-state index in [-0.39, 0.29) is 18.3 Å². The smallest absolute Gasteiger partial charge is 0.433 e. The third-order valence-electron chi connectivity index (χ3n) is 5.11. The number of hydrazone groups is 1. The number of carbonyl (C=O) groups is 2. The number of rotatable bonds is 9. The first-order valence-corrected chi connectivity index (χ1v) is 10.4. The lowest BCUT2D eigenvalue weighted by Crippen LogP contribution is -2.49. The summed E-state index contributed by atoms with van der Waals surface area (Å²) in [5.74, 6) is -0.850. The Morgan fingerprint density at radius 3 is 2.66 bits per heavy atom. The number of nitro groups is 1. The molecule has 2 amide bonds. The Balaban J connectivity index is 1.51. The van der Waals surface area contributed by atoms with Gasteiger partial charge in [0.25, 0.3) is 11.8 Å². The van der Waals surface area contributed by atoms with E-state index in [1.54, 1.807) is 13.8 Å². The van der Waals surface area contributed by atoms with Crippen LogP contribution in [0.3, 0.4) is 0 Å². The minimum Gasteiger partial charge on any atom is -0.484 e. The van der Waals surface area contributed by atoms with E-state index in [9.17, 15) is 19.7 Å². The highest BCUT2D eigenvalue weighted by Crippen LogP contribution is 2.25. The van der Waals surface area contributed by atoms with Crippen molar-refractivity contribution >= 4 is 23.9 Å². The molecule has 1 heterocycles. The first kappa shape index (κ1) is 23.0. The van der Waals surface area contributed by atoms with Crippen LogP contribution in [0.2, 0.25) is 0 Å². The van der Waals surface area contributed by atoms with Crippen LogP contribution in [0.5, 0.6) is 5.75 Å². The molecule has 0 bridgehead atoms. The van der Waals surface area contributed by atoms with Crippen molar-refractivity contribution in [2.45, 2.75) is 45.6 Å². The molecule has 0 radical (unpaired) electrons. The van der Waals surface area contributed by atoms with Crippen molar-refractivity contribution in [1.82, 2.24) is 10.7 Å². The number of ether oxygens (including phenoxy) is 1.